The summed E-state index contributed by atoms with van der Waals surface area (Å²) in [4.78, 5) is 13.1. The molecule has 0 atom stereocenters. The Morgan fingerprint density at radius 1 is 1.47 bits per heavy atom. The first-order chi connectivity index (χ1) is 8.13. The van der Waals surface area contributed by atoms with Crippen molar-refractivity contribution in [2.45, 2.75) is 19.8 Å². The molecule has 0 bridgehead atoms. The zero-order chi connectivity index (χ0) is 12.0. The van der Waals surface area contributed by atoms with Gasteiger partial charge in [0.05, 0.1) is 5.39 Å². The van der Waals surface area contributed by atoms with Crippen molar-refractivity contribution in [3.63, 3.8) is 0 Å². The summed E-state index contributed by atoms with van der Waals surface area (Å²) in [5.74, 6) is 1.81. The fourth-order valence-corrected chi connectivity index (χ4v) is 3.16. The predicted molar refractivity (Wildman–Crippen MR) is 73.2 cm³/mol. The summed E-state index contributed by atoms with van der Waals surface area (Å²) >= 11 is 7.66. The van der Waals surface area contributed by atoms with Gasteiger partial charge in [-0.25, -0.2) is 4.98 Å². The number of aromatic nitrogens is 2. The van der Waals surface area contributed by atoms with E-state index in [1.54, 1.807) is 11.3 Å². The smallest absolute Gasteiger partial charge is 0.225 e. The standard InChI is InChI=1S/C12H14ClN3S/c1-7-5-9-10(16(2)6-8-3-4-8)14-12(13)15-11(9)17-7/h5,8H,3-4,6H2,1-2H3. The average Bonchev–Trinajstić information content (AvgIpc) is 2.98. The van der Waals surface area contributed by atoms with E-state index >= 15 is 0 Å². The summed E-state index contributed by atoms with van der Waals surface area (Å²) in [6, 6.07) is 2.15. The summed E-state index contributed by atoms with van der Waals surface area (Å²) < 4.78 is 0. The van der Waals surface area contributed by atoms with Crippen molar-refractivity contribution in [3.05, 3.63) is 16.2 Å². The van der Waals surface area contributed by atoms with Crippen molar-refractivity contribution >= 4 is 39.0 Å². The van der Waals surface area contributed by atoms with Gasteiger partial charge in [0, 0.05) is 18.5 Å². The molecule has 0 radical (unpaired) electrons. The molecule has 17 heavy (non-hydrogen) atoms. The third-order valence-electron chi connectivity index (χ3n) is 3.06. The van der Waals surface area contributed by atoms with Crippen LogP contribution in [0.1, 0.15) is 17.7 Å². The quantitative estimate of drug-likeness (QED) is 0.797. The van der Waals surface area contributed by atoms with Gasteiger partial charge < -0.3 is 4.90 Å². The van der Waals surface area contributed by atoms with E-state index in [4.69, 9.17) is 11.6 Å². The highest BCUT2D eigenvalue weighted by Crippen LogP contribution is 2.34. The number of nitrogens with zero attached hydrogens (tertiary/aromatic N) is 3. The molecule has 5 heteroatoms. The molecule has 3 rings (SSSR count). The molecule has 3 nitrogen and oxygen atoms in total. The molecule has 2 aromatic rings. The maximum atomic E-state index is 5.99. The van der Waals surface area contributed by atoms with Gasteiger partial charge in [0.2, 0.25) is 5.28 Å². The van der Waals surface area contributed by atoms with Crippen LogP contribution in [0.3, 0.4) is 0 Å². The van der Waals surface area contributed by atoms with E-state index in [0.717, 1.165) is 28.5 Å². The monoisotopic (exact) mass is 267 g/mol. The molecule has 1 aliphatic carbocycles. The lowest BCUT2D eigenvalue weighted by atomic mass is 10.3. The Bertz CT molecular complexity index is 562. The largest absolute Gasteiger partial charge is 0.359 e. The second kappa shape index (κ2) is 4.10. The van der Waals surface area contributed by atoms with E-state index < -0.39 is 0 Å². The van der Waals surface area contributed by atoms with E-state index in [1.165, 1.54) is 17.7 Å². The maximum Gasteiger partial charge on any atom is 0.225 e. The number of thiophene rings is 1. The maximum absolute atomic E-state index is 5.99. The van der Waals surface area contributed by atoms with Crippen molar-refractivity contribution in [1.82, 2.24) is 9.97 Å². The Balaban J connectivity index is 2.05. The minimum absolute atomic E-state index is 0.344. The van der Waals surface area contributed by atoms with E-state index in [9.17, 15) is 0 Å². The van der Waals surface area contributed by atoms with Crippen LogP contribution in [-0.2, 0) is 0 Å². The summed E-state index contributed by atoms with van der Waals surface area (Å²) in [6.45, 7) is 3.16. The molecular formula is C12H14ClN3S. The molecule has 0 aliphatic heterocycles. The highest BCUT2D eigenvalue weighted by molar-refractivity contribution is 7.18. The zero-order valence-corrected chi connectivity index (χ0v) is 11.5. The van der Waals surface area contributed by atoms with Gasteiger partial charge in [-0.3, -0.25) is 0 Å². The van der Waals surface area contributed by atoms with Gasteiger partial charge in [-0.15, -0.1) is 11.3 Å². The zero-order valence-electron chi connectivity index (χ0n) is 9.90. The molecule has 0 aromatic carbocycles. The Morgan fingerprint density at radius 3 is 2.94 bits per heavy atom. The lowest BCUT2D eigenvalue weighted by Crippen LogP contribution is -2.21. The van der Waals surface area contributed by atoms with Crippen molar-refractivity contribution < 1.29 is 0 Å². The SMILES string of the molecule is Cc1cc2c(N(C)CC3CC3)nc(Cl)nc2s1. The first kappa shape index (κ1) is 11.2. The Hall–Kier alpha value is -0.870. The summed E-state index contributed by atoms with van der Waals surface area (Å²) in [5.41, 5.74) is 0. The lowest BCUT2D eigenvalue weighted by Gasteiger charge is -2.18. The van der Waals surface area contributed by atoms with Crippen LogP contribution in [0.5, 0.6) is 0 Å². The highest BCUT2D eigenvalue weighted by Gasteiger charge is 2.24. The molecule has 90 valence electrons. The van der Waals surface area contributed by atoms with Gasteiger partial charge in [-0.2, -0.15) is 4.98 Å². The molecule has 2 aromatic heterocycles. The van der Waals surface area contributed by atoms with Gasteiger partial charge in [0.25, 0.3) is 0 Å². The minimum Gasteiger partial charge on any atom is -0.359 e. The number of rotatable bonds is 3. The van der Waals surface area contributed by atoms with E-state index in [2.05, 4.69) is 34.9 Å². The number of hydrogen-bond acceptors (Lipinski definition) is 4. The lowest BCUT2D eigenvalue weighted by molar-refractivity contribution is 0.779. The molecule has 0 N–H and O–H groups in total. The molecule has 0 unspecified atom stereocenters. The van der Waals surface area contributed by atoms with Crippen LogP contribution in [0, 0.1) is 12.8 Å². The third-order valence-corrected chi connectivity index (χ3v) is 4.17. The second-order valence-corrected chi connectivity index (χ2v) is 6.29. The first-order valence-corrected chi connectivity index (χ1v) is 6.98. The van der Waals surface area contributed by atoms with Crippen LogP contribution < -0.4 is 4.90 Å². The van der Waals surface area contributed by atoms with E-state index in [0.29, 0.717) is 5.28 Å². The molecule has 1 saturated carbocycles. The number of aryl methyl sites for hydroxylation is 1. The van der Waals surface area contributed by atoms with Crippen molar-refractivity contribution in [2.75, 3.05) is 18.5 Å². The van der Waals surface area contributed by atoms with Crippen LogP contribution >= 0.6 is 22.9 Å². The fraction of sp³-hybridized carbons (Fsp3) is 0.500. The van der Waals surface area contributed by atoms with Crippen LogP contribution in [0.15, 0.2) is 6.07 Å². The third kappa shape index (κ3) is 2.24. The highest BCUT2D eigenvalue weighted by atomic mass is 35.5. The Morgan fingerprint density at radius 2 is 2.24 bits per heavy atom. The number of fused-ring (bicyclic) bond motifs is 1. The van der Waals surface area contributed by atoms with Gasteiger partial charge in [-0.05, 0) is 43.4 Å². The first-order valence-electron chi connectivity index (χ1n) is 5.78. The fourth-order valence-electron chi connectivity index (χ4n) is 2.07. The summed E-state index contributed by atoms with van der Waals surface area (Å²) in [6.07, 6.45) is 2.68. The van der Waals surface area contributed by atoms with Gasteiger partial charge in [0.1, 0.15) is 10.6 Å². The topological polar surface area (TPSA) is 29.0 Å². The van der Waals surface area contributed by atoms with Crippen molar-refractivity contribution in [3.8, 4) is 0 Å². The molecule has 0 spiro atoms. The summed E-state index contributed by atoms with van der Waals surface area (Å²) in [7, 11) is 2.09. The molecular weight excluding hydrogens is 254 g/mol. The molecule has 1 aliphatic rings. The number of anilines is 1. The van der Waals surface area contributed by atoms with Gasteiger partial charge in [0.15, 0.2) is 0 Å². The number of hydrogen-bond donors (Lipinski definition) is 0. The number of halogens is 1. The Labute approximate surface area is 109 Å². The van der Waals surface area contributed by atoms with Crippen molar-refractivity contribution in [1.29, 1.82) is 0 Å². The van der Waals surface area contributed by atoms with Gasteiger partial charge in [-0.1, -0.05) is 0 Å². The molecule has 1 fully saturated rings. The molecule has 2 heterocycles. The minimum atomic E-state index is 0.344. The summed E-state index contributed by atoms with van der Waals surface area (Å²) in [5, 5.41) is 1.47. The predicted octanol–water partition coefficient (Wildman–Crippen LogP) is 3.50. The van der Waals surface area contributed by atoms with E-state index in [-0.39, 0.29) is 0 Å². The van der Waals surface area contributed by atoms with E-state index in [1.807, 2.05) is 0 Å². The molecule has 0 amide bonds. The average molecular weight is 268 g/mol. The van der Waals surface area contributed by atoms with Crippen LogP contribution in [0.2, 0.25) is 5.28 Å². The normalized spacial score (nSPS) is 15.5. The molecule has 0 saturated heterocycles. The van der Waals surface area contributed by atoms with Crippen LogP contribution in [-0.4, -0.2) is 23.6 Å². The van der Waals surface area contributed by atoms with Crippen molar-refractivity contribution in [2.24, 2.45) is 5.92 Å². The second-order valence-electron chi connectivity index (χ2n) is 4.72. The van der Waals surface area contributed by atoms with Crippen LogP contribution in [0.25, 0.3) is 10.2 Å². The van der Waals surface area contributed by atoms with Crippen LogP contribution in [0.4, 0.5) is 5.82 Å². The van der Waals surface area contributed by atoms with Gasteiger partial charge >= 0.3 is 0 Å². The Kier molecular flexibility index (Phi) is 2.71.